The van der Waals surface area contributed by atoms with E-state index in [1.54, 1.807) is 50.2 Å². The molecule has 1 heterocycles. The van der Waals surface area contributed by atoms with Gasteiger partial charge in [-0.3, -0.25) is 0 Å². The number of hydrogen-bond donors (Lipinski definition) is 1. The van der Waals surface area contributed by atoms with Gasteiger partial charge in [-0.05, 0) is 38.5 Å². The number of aryl methyl sites for hydroxylation is 2. The third-order valence-corrected chi connectivity index (χ3v) is 4.40. The minimum Gasteiger partial charge on any atom is -0.478 e. The van der Waals surface area contributed by atoms with Crippen molar-refractivity contribution in [3.8, 4) is 5.75 Å². The lowest BCUT2D eigenvalue weighted by molar-refractivity contribution is -0.145. The van der Waals surface area contributed by atoms with Crippen LogP contribution in [0.2, 0.25) is 0 Å². The molecule has 0 aliphatic rings. The molecule has 0 amide bonds. The monoisotopic (exact) mass is 338 g/mol. The van der Waals surface area contributed by atoms with E-state index in [-0.39, 0.29) is 0 Å². The van der Waals surface area contributed by atoms with Crippen LogP contribution in [-0.2, 0) is 4.79 Å². The van der Waals surface area contributed by atoms with Crippen LogP contribution in [-0.4, -0.2) is 11.1 Å². The standard InChI is InChI=1S/C20H18O5/c1-11-12(2)20(23)25-17-13(3)16(10-9-15(11)17)24-18(19(21)22)14-7-5-4-6-8-14/h4-10,18H,1-3H3,(H,21,22)/t18-/m1/s1. The van der Waals surface area contributed by atoms with E-state index in [1.807, 2.05) is 13.0 Å². The van der Waals surface area contributed by atoms with Crippen molar-refractivity contribution >= 4 is 16.9 Å². The zero-order chi connectivity index (χ0) is 18.1. The van der Waals surface area contributed by atoms with Gasteiger partial charge >= 0.3 is 11.6 Å². The van der Waals surface area contributed by atoms with Crippen LogP contribution in [0.25, 0.3) is 11.0 Å². The highest BCUT2D eigenvalue weighted by molar-refractivity contribution is 5.85. The first-order chi connectivity index (χ1) is 11.9. The number of hydrogen-bond acceptors (Lipinski definition) is 4. The van der Waals surface area contributed by atoms with E-state index in [9.17, 15) is 14.7 Å². The molecular formula is C20H18O5. The summed E-state index contributed by atoms with van der Waals surface area (Å²) in [6.07, 6.45) is -1.14. The number of carboxylic acid groups (broad SMARTS) is 1. The minimum atomic E-state index is -1.14. The Morgan fingerprint density at radius 3 is 2.32 bits per heavy atom. The number of benzene rings is 2. The minimum absolute atomic E-state index is 0.371. The van der Waals surface area contributed by atoms with Gasteiger partial charge in [0.2, 0.25) is 6.10 Å². The fourth-order valence-electron chi connectivity index (χ4n) is 2.77. The molecule has 1 N–H and O–H groups in total. The lowest BCUT2D eigenvalue weighted by atomic mass is 10.0. The fourth-order valence-corrected chi connectivity index (χ4v) is 2.77. The molecule has 5 heteroatoms. The number of carboxylic acids is 1. The molecule has 0 aliphatic carbocycles. The molecule has 0 radical (unpaired) electrons. The van der Waals surface area contributed by atoms with Crippen molar-refractivity contribution < 1.29 is 19.1 Å². The quantitative estimate of drug-likeness (QED) is 0.730. The molecule has 0 unspecified atom stereocenters. The van der Waals surface area contributed by atoms with E-state index in [2.05, 4.69) is 0 Å². The van der Waals surface area contributed by atoms with Crippen LogP contribution in [0.3, 0.4) is 0 Å². The van der Waals surface area contributed by atoms with Crippen molar-refractivity contribution in [2.75, 3.05) is 0 Å². The second kappa shape index (κ2) is 6.43. The zero-order valence-corrected chi connectivity index (χ0v) is 14.2. The van der Waals surface area contributed by atoms with Crippen molar-refractivity contribution in [1.29, 1.82) is 0 Å². The van der Waals surface area contributed by atoms with Crippen LogP contribution in [0, 0.1) is 20.8 Å². The summed E-state index contributed by atoms with van der Waals surface area (Å²) in [5.41, 5.74) is 2.56. The molecule has 0 spiro atoms. The van der Waals surface area contributed by atoms with Crippen molar-refractivity contribution in [2.24, 2.45) is 0 Å². The van der Waals surface area contributed by atoms with Crippen LogP contribution in [0.4, 0.5) is 0 Å². The van der Waals surface area contributed by atoms with Crippen LogP contribution >= 0.6 is 0 Å². The van der Waals surface area contributed by atoms with Crippen molar-refractivity contribution in [1.82, 2.24) is 0 Å². The third kappa shape index (κ3) is 3.01. The van der Waals surface area contributed by atoms with E-state index in [1.165, 1.54) is 0 Å². The maximum absolute atomic E-state index is 12.0. The summed E-state index contributed by atoms with van der Waals surface area (Å²) < 4.78 is 11.2. The summed E-state index contributed by atoms with van der Waals surface area (Å²) in [5, 5.41) is 10.3. The predicted octanol–water partition coefficient (Wildman–Crippen LogP) is 3.92. The Morgan fingerprint density at radius 1 is 1.00 bits per heavy atom. The van der Waals surface area contributed by atoms with Crippen LogP contribution in [0.15, 0.2) is 51.7 Å². The van der Waals surface area contributed by atoms with Crippen molar-refractivity contribution in [2.45, 2.75) is 26.9 Å². The molecule has 0 aliphatic heterocycles. The third-order valence-electron chi connectivity index (χ3n) is 4.40. The highest BCUT2D eigenvalue weighted by Crippen LogP contribution is 2.32. The van der Waals surface area contributed by atoms with Crippen LogP contribution in [0.5, 0.6) is 5.75 Å². The van der Waals surface area contributed by atoms with E-state index in [0.29, 0.717) is 28.0 Å². The zero-order valence-electron chi connectivity index (χ0n) is 14.2. The average Bonchev–Trinajstić information content (AvgIpc) is 2.60. The fraction of sp³-hybridized carbons (Fsp3) is 0.200. The topological polar surface area (TPSA) is 76.7 Å². The highest BCUT2D eigenvalue weighted by atomic mass is 16.5. The van der Waals surface area contributed by atoms with Gasteiger partial charge < -0.3 is 14.3 Å². The smallest absolute Gasteiger partial charge is 0.349 e. The first kappa shape index (κ1) is 16.8. The van der Waals surface area contributed by atoms with E-state index in [0.717, 1.165) is 10.9 Å². The Hall–Kier alpha value is -3.08. The Balaban J connectivity index is 2.10. The number of aliphatic carboxylic acids is 1. The number of fused-ring (bicyclic) bond motifs is 1. The Morgan fingerprint density at radius 2 is 1.68 bits per heavy atom. The SMILES string of the molecule is Cc1c(C)c2ccc(O[C@@H](C(=O)O)c3ccccc3)c(C)c2oc1=O. The second-order valence-electron chi connectivity index (χ2n) is 5.95. The molecule has 128 valence electrons. The molecular weight excluding hydrogens is 320 g/mol. The van der Waals surface area contributed by atoms with E-state index in [4.69, 9.17) is 9.15 Å². The highest BCUT2D eigenvalue weighted by Gasteiger charge is 2.23. The van der Waals surface area contributed by atoms with Gasteiger partial charge in [0, 0.05) is 22.1 Å². The first-order valence-corrected chi connectivity index (χ1v) is 7.88. The van der Waals surface area contributed by atoms with Gasteiger partial charge in [0.15, 0.2) is 0 Å². The summed E-state index contributed by atoms with van der Waals surface area (Å²) in [5.74, 6) is -0.720. The van der Waals surface area contributed by atoms with E-state index >= 15 is 0 Å². The largest absolute Gasteiger partial charge is 0.478 e. The number of carbonyl (C=O) groups is 1. The Kier molecular flexibility index (Phi) is 4.31. The molecule has 3 aromatic rings. The summed E-state index contributed by atoms with van der Waals surface area (Å²) in [6.45, 7) is 5.33. The van der Waals surface area contributed by atoms with Gasteiger partial charge in [0.1, 0.15) is 11.3 Å². The van der Waals surface area contributed by atoms with Crippen molar-refractivity contribution in [3.05, 3.63) is 75.1 Å². The molecule has 0 bridgehead atoms. The molecule has 0 saturated heterocycles. The number of ether oxygens (including phenoxy) is 1. The van der Waals surface area contributed by atoms with Crippen LogP contribution < -0.4 is 10.4 Å². The van der Waals surface area contributed by atoms with Gasteiger partial charge in [-0.25, -0.2) is 9.59 Å². The summed E-state index contributed by atoms with van der Waals surface area (Å²) in [6, 6.07) is 12.2. The molecule has 1 aromatic heterocycles. The maximum Gasteiger partial charge on any atom is 0.349 e. The number of rotatable bonds is 4. The molecule has 3 rings (SSSR count). The lowest BCUT2D eigenvalue weighted by Crippen LogP contribution is -2.18. The normalized spacial score (nSPS) is 12.1. The first-order valence-electron chi connectivity index (χ1n) is 7.88. The predicted molar refractivity (Wildman–Crippen MR) is 94.1 cm³/mol. The van der Waals surface area contributed by atoms with Crippen LogP contribution in [0.1, 0.15) is 28.4 Å². The van der Waals surface area contributed by atoms with Gasteiger partial charge in [-0.1, -0.05) is 30.3 Å². The average molecular weight is 338 g/mol. The second-order valence-corrected chi connectivity index (χ2v) is 5.95. The Labute approximate surface area is 144 Å². The molecule has 0 fully saturated rings. The Bertz CT molecular complexity index is 1000. The van der Waals surface area contributed by atoms with Gasteiger partial charge in [-0.2, -0.15) is 0 Å². The molecule has 5 nitrogen and oxygen atoms in total. The van der Waals surface area contributed by atoms with Gasteiger partial charge in [0.25, 0.3) is 0 Å². The summed E-state index contributed by atoms with van der Waals surface area (Å²) in [4.78, 5) is 23.6. The summed E-state index contributed by atoms with van der Waals surface area (Å²) >= 11 is 0. The van der Waals surface area contributed by atoms with Crippen molar-refractivity contribution in [3.63, 3.8) is 0 Å². The molecule has 25 heavy (non-hydrogen) atoms. The van der Waals surface area contributed by atoms with Gasteiger partial charge in [0.05, 0.1) is 0 Å². The molecule has 0 saturated carbocycles. The maximum atomic E-state index is 12.0. The summed E-state index contributed by atoms with van der Waals surface area (Å²) in [7, 11) is 0. The van der Waals surface area contributed by atoms with E-state index < -0.39 is 17.7 Å². The lowest BCUT2D eigenvalue weighted by Gasteiger charge is -2.18. The molecule has 2 aromatic carbocycles. The molecule has 1 atom stereocenters. The van der Waals surface area contributed by atoms with Gasteiger partial charge in [-0.15, -0.1) is 0 Å².